The molecule has 0 bridgehead atoms. The molecule has 3 aromatic rings. The maximum Gasteiger partial charge on any atom is 0.345 e. The number of benzene rings is 3. The maximum atomic E-state index is 12.5. The van der Waals surface area contributed by atoms with E-state index in [1.165, 1.54) is 42.5 Å². The zero-order chi connectivity index (χ0) is 26.1. The Balaban J connectivity index is 1.58. The molecule has 0 saturated carbocycles. The summed E-state index contributed by atoms with van der Waals surface area (Å²) in [5.41, 5.74) is 6.00. The Morgan fingerprint density at radius 3 is 2.33 bits per heavy atom. The SMILES string of the molecule is CCC(=O)Nc1ccc(C(=O)NNC(=O)/C=C/c2ccccc2OC(=O)c2ccc(Cl)cc2Cl)cc1. The maximum absolute atomic E-state index is 12.5. The molecule has 0 aliphatic heterocycles. The van der Waals surface area contributed by atoms with Crippen molar-refractivity contribution in [1.29, 1.82) is 0 Å². The normalized spacial score (nSPS) is 10.5. The molecule has 0 atom stereocenters. The van der Waals surface area contributed by atoms with E-state index < -0.39 is 17.8 Å². The Hall–Kier alpha value is -4.14. The standard InChI is InChI=1S/C26H21Cl2N3O5/c1-2-23(32)29-19-11-7-17(8-12-19)25(34)31-30-24(33)14-9-16-5-3-4-6-22(16)36-26(35)20-13-10-18(27)15-21(20)28/h3-15H,2H2,1H3,(H,29,32)(H,30,33)(H,31,34)/b14-9+. The lowest BCUT2D eigenvalue weighted by atomic mass is 10.1. The van der Waals surface area contributed by atoms with Gasteiger partial charge < -0.3 is 10.1 Å². The van der Waals surface area contributed by atoms with Crippen LogP contribution in [0.3, 0.4) is 0 Å². The first kappa shape index (κ1) is 26.5. The lowest BCUT2D eigenvalue weighted by Crippen LogP contribution is -2.40. The molecule has 36 heavy (non-hydrogen) atoms. The number of hydrazine groups is 1. The summed E-state index contributed by atoms with van der Waals surface area (Å²) in [5.74, 6) is -1.78. The first-order chi connectivity index (χ1) is 17.3. The minimum Gasteiger partial charge on any atom is -0.422 e. The molecule has 3 aromatic carbocycles. The number of ether oxygens (including phenoxy) is 1. The average Bonchev–Trinajstić information content (AvgIpc) is 2.87. The van der Waals surface area contributed by atoms with Crippen molar-refractivity contribution < 1.29 is 23.9 Å². The van der Waals surface area contributed by atoms with Gasteiger partial charge in [0.1, 0.15) is 5.75 Å². The van der Waals surface area contributed by atoms with Crippen molar-refractivity contribution in [1.82, 2.24) is 10.9 Å². The van der Waals surface area contributed by atoms with E-state index in [0.717, 1.165) is 0 Å². The average molecular weight is 526 g/mol. The molecule has 184 valence electrons. The molecule has 3 amide bonds. The molecular formula is C26H21Cl2N3O5. The number of nitrogens with one attached hydrogen (secondary N) is 3. The van der Waals surface area contributed by atoms with E-state index in [1.54, 1.807) is 43.3 Å². The Labute approximate surface area is 217 Å². The number of halogens is 2. The van der Waals surface area contributed by atoms with Gasteiger partial charge >= 0.3 is 5.97 Å². The molecule has 3 N–H and O–H groups in total. The summed E-state index contributed by atoms with van der Waals surface area (Å²) in [4.78, 5) is 48.4. The molecule has 0 aromatic heterocycles. The summed E-state index contributed by atoms with van der Waals surface area (Å²) in [6.07, 6.45) is 2.94. The van der Waals surface area contributed by atoms with Gasteiger partial charge in [0.05, 0.1) is 10.6 Å². The first-order valence-electron chi connectivity index (χ1n) is 10.7. The Morgan fingerprint density at radius 1 is 0.917 bits per heavy atom. The fourth-order valence-electron chi connectivity index (χ4n) is 2.87. The van der Waals surface area contributed by atoms with Gasteiger partial charge in [0, 0.05) is 34.3 Å². The van der Waals surface area contributed by atoms with Crippen LogP contribution >= 0.6 is 23.2 Å². The van der Waals surface area contributed by atoms with E-state index in [0.29, 0.717) is 22.7 Å². The van der Waals surface area contributed by atoms with E-state index in [4.69, 9.17) is 27.9 Å². The van der Waals surface area contributed by atoms with Gasteiger partial charge in [-0.25, -0.2) is 4.79 Å². The van der Waals surface area contributed by atoms with Crippen LogP contribution in [0.25, 0.3) is 6.08 Å². The summed E-state index contributed by atoms with van der Waals surface area (Å²) in [6.45, 7) is 1.73. The molecule has 0 saturated heterocycles. The molecule has 0 unspecified atom stereocenters. The van der Waals surface area contributed by atoms with Crippen LogP contribution in [0.5, 0.6) is 5.75 Å². The molecule has 0 heterocycles. The van der Waals surface area contributed by atoms with Crippen molar-refractivity contribution in [2.45, 2.75) is 13.3 Å². The fourth-order valence-corrected chi connectivity index (χ4v) is 3.36. The van der Waals surface area contributed by atoms with E-state index in [9.17, 15) is 19.2 Å². The zero-order valence-electron chi connectivity index (χ0n) is 19.0. The van der Waals surface area contributed by atoms with E-state index in [-0.39, 0.29) is 27.8 Å². The quantitative estimate of drug-likeness (QED) is 0.173. The molecule has 0 radical (unpaired) electrons. The molecule has 0 aliphatic rings. The molecule has 0 spiro atoms. The van der Waals surface area contributed by atoms with Gasteiger partial charge in [0.25, 0.3) is 11.8 Å². The Morgan fingerprint density at radius 2 is 1.64 bits per heavy atom. The highest BCUT2D eigenvalue weighted by molar-refractivity contribution is 6.36. The summed E-state index contributed by atoms with van der Waals surface area (Å²) in [7, 11) is 0. The minimum absolute atomic E-state index is 0.140. The van der Waals surface area contributed by atoms with Gasteiger partial charge in [-0.05, 0) is 54.6 Å². The van der Waals surface area contributed by atoms with Crippen LogP contribution in [0.15, 0.2) is 72.8 Å². The van der Waals surface area contributed by atoms with Crippen molar-refractivity contribution in [3.8, 4) is 5.75 Å². The molecule has 3 rings (SSSR count). The van der Waals surface area contributed by atoms with Gasteiger partial charge in [0.2, 0.25) is 5.91 Å². The predicted molar refractivity (Wildman–Crippen MR) is 138 cm³/mol. The van der Waals surface area contributed by atoms with Crippen LogP contribution in [0.2, 0.25) is 10.0 Å². The van der Waals surface area contributed by atoms with Gasteiger partial charge in [-0.1, -0.05) is 48.3 Å². The van der Waals surface area contributed by atoms with Crippen LogP contribution in [-0.2, 0) is 9.59 Å². The summed E-state index contributed by atoms with van der Waals surface area (Å²) in [6, 6.07) is 17.2. The minimum atomic E-state index is -0.686. The predicted octanol–water partition coefficient (Wildman–Crippen LogP) is 5.04. The Bertz CT molecular complexity index is 1320. The number of para-hydroxylation sites is 1. The fraction of sp³-hybridized carbons (Fsp3) is 0.0769. The van der Waals surface area contributed by atoms with Gasteiger partial charge in [-0.15, -0.1) is 0 Å². The molecule has 0 fully saturated rings. The second-order valence-electron chi connectivity index (χ2n) is 7.31. The largest absolute Gasteiger partial charge is 0.422 e. The second kappa shape index (κ2) is 12.5. The van der Waals surface area contributed by atoms with Gasteiger partial charge in [-0.3, -0.25) is 25.2 Å². The second-order valence-corrected chi connectivity index (χ2v) is 8.15. The van der Waals surface area contributed by atoms with Crippen molar-refractivity contribution in [2.75, 3.05) is 5.32 Å². The molecular weight excluding hydrogens is 505 g/mol. The topological polar surface area (TPSA) is 114 Å². The number of carbonyl (C=O) groups excluding carboxylic acids is 4. The third kappa shape index (κ3) is 7.43. The summed E-state index contributed by atoms with van der Waals surface area (Å²) in [5, 5.41) is 3.21. The number of hydrogen-bond acceptors (Lipinski definition) is 5. The highest BCUT2D eigenvalue weighted by atomic mass is 35.5. The summed E-state index contributed by atoms with van der Waals surface area (Å²) < 4.78 is 5.44. The third-order valence-electron chi connectivity index (χ3n) is 4.74. The molecule has 8 nitrogen and oxygen atoms in total. The highest BCUT2D eigenvalue weighted by Crippen LogP contribution is 2.25. The number of anilines is 1. The van der Waals surface area contributed by atoms with E-state index >= 15 is 0 Å². The number of carbonyl (C=O) groups is 4. The monoisotopic (exact) mass is 525 g/mol. The zero-order valence-corrected chi connectivity index (χ0v) is 20.5. The van der Waals surface area contributed by atoms with E-state index in [2.05, 4.69) is 16.2 Å². The third-order valence-corrected chi connectivity index (χ3v) is 5.29. The number of amides is 3. The number of rotatable bonds is 7. The summed E-state index contributed by atoms with van der Waals surface area (Å²) >= 11 is 11.9. The van der Waals surface area contributed by atoms with Crippen LogP contribution in [0, 0.1) is 0 Å². The molecule has 10 heteroatoms. The number of hydrogen-bond donors (Lipinski definition) is 3. The van der Waals surface area contributed by atoms with Crippen LogP contribution in [-0.4, -0.2) is 23.7 Å². The van der Waals surface area contributed by atoms with Crippen molar-refractivity contribution in [2.24, 2.45) is 0 Å². The van der Waals surface area contributed by atoms with Crippen molar-refractivity contribution >= 4 is 58.7 Å². The number of esters is 1. The highest BCUT2D eigenvalue weighted by Gasteiger charge is 2.15. The van der Waals surface area contributed by atoms with Crippen molar-refractivity contribution in [3.63, 3.8) is 0 Å². The van der Waals surface area contributed by atoms with Gasteiger partial charge in [0.15, 0.2) is 0 Å². The Kier molecular flexibility index (Phi) is 9.21. The lowest BCUT2D eigenvalue weighted by molar-refractivity contribution is -0.117. The molecule has 0 aliphatic carbocycles. The van der Waals surface area contributed by atoms with Gasteiger partial charge in [-0.2, -0.15) is 0 Å². The van der Waals surface area contributed by atoms with Crippen molar-refractivity contribution in [3.05, 3.63) is 99.5 Å². The first-order valence-corrected chi connectivity index (χ1v) is 11.5. The van der Waals surface area contributed by atoms with Crippen LogP contribution < -0.4 is 20.9 Å². The van der Waals surface area contributed by atoms with E-state index in [1.807, 2.05) is 0 Å². The lowest BCUT2D eigenvalue weighted by Gasteiger charge is -2.09. The van der Waals surface area contributed by atoms with Crippen LogP contribution in [0.4, 0.5) is 5.69 Å². The smallest absolute Gasteiger partial charge is 0.345 e. The van der Waals surface area contributed by atoms with Crippen LogP contribution in [0.1, 0.15) is 39.6 Å².